The largest absolute Gasteiger partial charge is 0.494 e. The Morgan fingerprint density at radius 3 is 1.78 bits per heavy atom. The third-order valence-electron chi connectivity index (χ3n) is 8.52. The Kier molecular flexibility index (Phi) is 18.6. The van der Waals surface area contributed by atoms with Crippen LogP contribution in [0.2, 0.25) is 0 Å². The summed E-state index contributed by atoms with van der Waals surface area (Å²) in [4.78, 5) is 25.2. The molecule has 3 aromatic carbocycles. The lowest BCUT2D eigenvalue weighted by molar-refractivity contribution is -0.206. The average molecular weight is 717 g/mol. The molecule has 0 bridgehead atoms. The molecule has 0 saturated heterocycles. The van der Waals surface area contributed by atoms with Gasteiger partial charge in [0.05, 0.1) is 17.7 Å². The monoisotopic (exact) mass is 716 g/mol. The highest BCUT2D eigenvalue weighted by molar-refractivity contribution is 5.92. The Labute approximate surface area is 299 Å². The minimum atomic E-state index is -4.80. The van der Waals surface area contributed by atoms with E-state index < -0.39 is 42.0 Å². The first kappa shape index (κ1) is 41.5. The molecule has 280 valence electrons. The van der Waals surface area contributed by atoms with Crippen LogP contribution in [0.4, 0.5) is 17.6 Å². The predicted molar refractivity (Wildman–Crippen MR) is 191 cm³/mol. The molecule has 1 atom stereocenters. The van der Waals surface area contributed by atoms with Crippen molar-refractivity contribution >= 4 is 11.9 Å². The standard InChI is InChI=1S/C41H52F4O6/c1-3-5-6-7-8-9-10-11-12-16-29-49-34-24-22-32(23-25-34)31-18-20-33(21-19-31)39(46)50-35-26-27-36(37(42)30-35)40(47)51-38(41(43,44)45)17-14-13-15-28-48-4-2/h18-27,30,38H,3-17,28-29H2,1-2H3/t38-/m1/s1. The van der Waals surface area contributed by atoms with Crippen molar-refractivity contribution in [2.45, 2.75) is 116 Å². The van der Waals surface area contributed by atoms with Gasteiger partial charge in [-0.15, -0.1) is 0 Å². The molecule has 0 spiro atoms. The summed E-state index contributed by atoms with van der Waals surface area (Å²) in [5.41, 5.74) is 1.30. The Balaban J connectivity index is 1.44. The highest BCUT2D eigenvalue weighted by Gasteiger charge is 2.42. The fourth-order valence-electron chi connectivity index (χ4n) is 5.55. The van der Waals surface area contributed by atoms with E-state index in [2.05, 4.69) is 11.7 Å². The first-order valence-electron chi connectivity index (χ1n) is 18.3. The number of ether oxygens (including phenoxy) is 4. The maximum atomic E-state index is 14.8. The second-order valence-corrected chi connectivity index (χ2v) is 12.6. The molecule has 0 fully saturated rings. The molecule has 0 aliphatic heterocycles. The van der Waals surface area contributed by atoms with Gasteiger partial charge in [0, 0.05) is 19.3 Å². The summed E-state index contributed by atoms with van der Waals surface area (Å²) in [6.45, 7) is 5.69. The molecule has 0 aromatic heterocycles. The van der Waals surface area contributed by atoms with Crippen LogP contribution in [-0.2, 0) is 9.47 Å². The van der Waals surface area contributed by atoms with Crippen LogP contribution in [0.15, 0.2) is 66.7 Å². The SMILES string of the molecule is CCCCCCCCCCCCOc1ccc(-c2ccc(C(=O)Oc3ccc(C(=O)O[C@H](CCCCCOCC)C(F)(F)F)c(F)c3)cc2)cc1. The van der Waals surface area contributed by atoms with Crippen LogP contribution in [-0.4, -0.2) is 44.0 Å². The van der Waals surface area contributed by atoms with Gasteiger partial charge in [0.25, 0.3) is 0 Å². The number of carbonyl (C=O) groups is 2. The summed E-state index contributed by atoms with van der Waals surface area (Å²) in [6.07, 6.45) is 6.28. The molecule has 3 rings (SSSR count). The normalized spacial score (nSPS) is 12.0. The van der Waals surface area contributed by atoms with E-state index in [9.17, 15) is 27.2 Å². The lowest BCUT2D eigenvalue weighted by Crippen LogP contribution is -2.34. The van der Waals surface area contributed by atoms with Crippen LogP contribution in [0.5, 0.6) is 11.5 Å². The highest BCUT2D eigenvalue weighted by atomic mass is 19.4. The number of hydrogen-bond donors (Lipinski definition) is 0. The van der Waals surface area contributed by atoms with Crippen molar-refractivity contribution in [1.82, 2.24) is 0 Å². The van der Waals surface area contributed by atoms with Gasteiger partial charge in [0.1, 0.15) is 17.3 Å². The van der Waals surface area contributed by atoms with Gasteiger partial charge in [-0.25, -0.2) is 14.0 Å². The first-order chi connectivity index (χ1) is 24.6. The van der Waals surface area contributed by atoms with Gasteiger partial charge >= 0.3 is 18.1 Å². The first-order valence-corrected chi connectivity index (χ1v) is 18.3. The molecular weight excluding hydrogens is 664 g/mol. The second kappa shape index (κ2) is 22.8. The van der Waals surface area contributed by atoms with Gasteiger partial charge in [0.15, 0.2) is 6.10 Å². The average Bonchev–Trinajstić information content (AvgIpc) is 3.11. The quantitative estimate of drug-likeness (QED) is 0.0398. The summed E-state index contributed by atoms with van der Waals surface area (Å²) in [5, 5.41) is 0. The Morgan fingerprint density at radius 2 is 1.20 bits per heavy atom. The minimum Gasteiger partial charge on any atom is -0.494 e. The van der Waals surface area contributed by atoms with Gasteiger partial charge in [-0.3, -0.25) is 0 Å². The summed E-state index contributed by atoms with van der Waals surface area (Å²) in [7, 11) is 0. The summed E-state index contributed by atoms with van der Waals surface area (Å²) >= 11 is 0. The molecule has 10 heteroatoms. The van der Waals surface area contributed by atoms with Crippen LogP contribution >= 0.6 is 0 Å². The van der Waals surface area contributed by atoms with E-state index in [1.54, 1.807) is 24.3 Å². The van der Waals surface area contributed by atoms with E-state index in [4.69, 9.17) is 14.2 Å². The molecule has 0 heterocycles. The van der Waals surface area contributed by atoms with Gasteiger partial charge in [-0.1, -0.05) is 95.4 Å². The molecule has 0 unspecified atom stereocenters. The van der Waals surface area contributed by atoms with Gasteiger partial charge < -0.3 is 18.9 Å². The number of alkyl halides is 3. The molecule has 3 aromatic rings. The summed E-state index contributed by atoms with van der Waals surface area (Å²) < 4.78 is 76.2. The molecule has 0 saturated carbocycles. The maximum Gasteiger partial charge on any atom is 0.425 e. The van der Waals surface area contributed by atoms with Crippen LogP contribution in [0.25, 0.3) is 11.1 Å². The Hall–Kier alpha value is -3.92. The van der Waals surface area contributed by atoms with Crippen molar-refractivity contribution in [3.05, 3.63) is 83.7 Å². The summed E-state index contributed by atoms with van der Waals surface area (Å²) in [5.74, 6) is -2.81. The molecular formula is C41H52F4O6. The van der Waals surface area contributed by atoms with Crippen LogP contribution in [0, 0.1) is 5.82 Å². The zero-order valence-corrected chi connectivity index (χ0v) is 29.9. The Bertz CT molecular complexity index is 1440. The van der Waals surface area contributed by atoms with Crippen molar-refractivity contribution in [3.8, 4) is 22.6 Å². The number of esters is 2. The van der Waals surface area contributed by atoms with Gasteiger partial charge in [-0.2, -0.15) is 13.2 Å². The number of benzene rings is 3. The van der Waals surface area contributed by atoms with Crippen LogP contribution < -0.4 is 9.47 Å². The molecule has 6 nitrogen and oxygen atoms in total. The van der Waals surface area contributed by atoms with Gasteiger partial charge in [-0.05, 0) is 80.1 Å². The van der Waals surface area contributed by atoms with E-state index in [1.165, 1.54) is 57.8 Å². The lowest BCUT2D eigenvalue weighted by atomic mass is 10.0. The number of carbonyl (C=O) groups excluding carboxylic acids is 2. The third-order valence-corrected chi connectivity index (χ3v) is 8.52. The molecule has 0 aliphatic carbocycles. The smallest absolute Gasteiger partial charge is 0.425 e. The van der Waals surface area contributed by atoms with Crippen molar-refractivity contribution in [1.29, 1.82) is 0 Å². The van der Waals surface area contributed by atoms with E-state index in [0.717, 1.165) is 41.5 Å². The van der Waals surface area contributed by atoms with Crippen molar-refractivity contribution in [3.63, 3.8) is 0 Å². The molecule has 0 N–H and O–H groups in total. The third kappa shape index (κ3) is 15.5. The topological polar surface area (TPSA) is 71.1 Å². The van der Waals surface area contributed by atoms with Crippen molar-refractivity contribution in [2.24, 2.45) is 0 Å². The number of halogens is 4. The van der Waals surface area contributed by atoms with E-state index >= 15 is 0 Å². The molecule has 0 radical (unpaired) electrons. The maximum absolute atomic E-state index is 14.8. The van der Waals surface area contributed by atoms with E-state index in [1.807, 2.05) is 31.2 Å². The fraction of sp³-hybridized carbons (Fsp3) is 0.512. The van der Waals surface area contributed by atoms with Crippen LogP contribution in [0.1, 0.15) is 124 Å². The summed E-state index contributed by atoms with van der Waals surface area (Å²) in [6, 6.07) is 17.2. The molecule has 51 heavy (non-hydrogen) atoms. The van der Waals surface area contributed by atoms with E-state index in [0.29, 0.717) is 32.7 Å². The highest BCUT2D eigenvalue weighted by Crippen LogP contribution is 2.29. The van der Waals surface area contributed by atoms with Crippen molar-refractivity contribution in [2.75, 3.05) is 19.8 Å². The fourth-order valence-corrected chi connectivity index (χ4v) is 5.55. The minimum absolute atomic E-state index is 0.156. The number of hydrogen-bond acceptors (Lipinski definition) is 6. The van der Waals surface area contributed by atoms with Gasteiger partial charge in [0.2, 0.25) is 0 Å². The molecule has 0 aliphatic rings. The Morgan fingerprint density at radius 1 is 0.647 bits per heavy atom. The lowest BCUT2D eigenvalue weighted by Gasteiger charge is -2.21. The van der Waals surface area contributed by atoms with Crippen molar-refractivity contribution < 1.29 is 46.1 Å². The second-order valence-electron chi connectivity index (χ2n) is 12.6. The van der Waals surface area contributed by atoms with Crippen LogP contribution in [0.3, 0.4) is 0 Å². The molecule has 0 amide bonds. The zero-order valence-electron chi connectivity index (χ0n) is 29.9. The van der Waals surface area contributed by atoms with E-state index in [-0.39, 0.29) is 17.7 Å². The number of rotatable bonds is 24. The predicted octanol–water partition coefficient (Wildman–Crippen LogP) is 11.7. The number of unbranched alkanes of at least 4 members (excludes halogenated alkanes) is 11. The zero-order chi connectivity index (χ0) is 36.9.